The average Bonchev–Trinajstić information content (AvgIpc) is 3.08. The number of aromatic hydroxyl groups is 1. The summed E-state index contributed by atoms with van der Waals surface area (Å²) in [6.07, 6.45) is 0.574. The van der Waals surface area contributed by atoms with Gasteiger partial charge in [0.15, 0.2) is 5.75 Å². The van der Waals surface area contributed by atoms with Crippen LogP contribution in [0.15, 0.2) is 91.6 Å². The topological polar surface area (TPSA) is 330 Å². The van der Waals surface area contributed by atoms with Gasteiger partial charge < -0.3 is 34.7 Å². The number of fused-ring (bicyclic) bond motifs is 1. The number of hydrogen-bond acceptors (Lipinski definition) is 22. The normalized spacial score (nSPS) is 11.5. The third kappa shape index (κ3) is 16.2. The summed E-state index contributed by atoms with van der Waals surface area (Å²) in [5.41, 5.74) is 0.434. The summed E-state index contributed by atoms with van der Waals surface area (Å²) in [4.78, 5) is 10.5. The van der Waals surface area contributed by atoms with Gasteiger partial charge in [-0.2, -0.15) is 24.4 Å². The average molecular weight is 934 g/mol. The molecule has 1 aromatic heterocycles. The number of aromatic nitrogens is 3. The van der Waals surface area contributed by atoms with Crippen LogP contribution in [0.5, 0.6) is 5.75 Å². The molecular formula is C28H20ClN7Na4O14S4. The van der Waals surface area contributed by atoms with E-state index >= 15 is 0 Å². The van der Waals surface area contributed by atoms with Gasteiger partial charge in [-0.05, 0) is 83.9 Å². The van der Waals surface area contributed by atoms with Crippen molar-refractivity contribution in [2.24, 2.45) is 10.2 Å². The second-order valence-electron chi connectivity index (χ2n) is 10.5. The number of benzene rings is 4. The van der Waals surface area contributed by atoms with Crippen LogP contribution in [-0.2, 0) is 50.6 Å². The third-order valence-corrected chi connectivity index (χ3v) is 9.72. The Hall–Kier alpha value is -0.640. The maximum absolute atomic E-state index is 12.1. The number of nitrogens with one attached hydrogen (secondary N) is 2. The number of phenolic OH excluding ortho intramolecular Hbond substituents is 1. The standard InChI is InChI=1S/C28H24ClN7O14S4.4Na/c29-26-32-27(30-18-4-1-5-19(13-18)52(39,40)41)34-28(33-26)31-21-14-20(53(42,43)44)11-16-12-22(51-50-49-38)24(25(37)23(16)21)36-35-17-8-6-15(7-9-17)3-2-10-48-54(45,46)47;;;;/h1,4-9,11-14,37-38H,2-3,10H2,(H,39,40,41)(H,42,43,44)(H,45,46,47)(H2,30,31,32,33,34);;;;/q;4*+1/p-4. The SMILES string of the molecule is O=S(=O)([O-])OCCCc1ccc(N=Nc2c(SOO[O-])cc3cc(S(=O)(=O)[O-])cc(Nc4nc(Cl)nc(Nc5cccc(S(=O)(=O)[O-])c5)n4)c3c2O)cc1.[Na+].[Na+].[Na+].[Na+]. The Morgan fingerprint density at radius 3 is 2.03 bits per heavy atom. The van der Waals surface area contributed by atoms with Crippen LogP contribution in [0, 0.1) is 0 Å². The van der Waals surface area contributed by atoms with Gasteiger partial charge in [-0.1, -0.05) is 18.2 Å². The molecule has 0 aliphatic heterocycles. The Kier molecular flexibility index (Phi) is 23.2. The Morgan fingerprint density at radius 1 is 0.793 bits per heavy atom. The van der Waals surface area contributed by atoms with E-state index in [1.807, 2.05) is 0 Å². The predicted molar refractivity (Wildman–Crippen MR) is 182 cm³/mol. The Balaban J connectivity index is 0.00000420. The zero-order valence-electron chi connectivity index (χ0n) is 30.5. The first-order valence-corrected chi connectivity index (χ1v) is 19.7. The van der Waals surface area contributed by atoms with Crippen LogP contribution in [0.3, 0.4) is 0 Å². The third-order valence-electron chi connectivity index (χ3n) is 6.84. The summed E-state index contributed by atoms with van der Waals surface area (Å²) in [6.45, 7) is -0.312. The minimum absolute atomic E-state index is 0. The molecule has 0 fully saturated rings. The summed E-state index contributed by atoms with van der Waals surface area (Å²) < 4.78 is 111. The summed E-state index contributed by atoms with van der Waals surface area (Å²) in [7, 11) is -14.8. The fourth-order valence-corrected chi connectivity index (χ4v) is 6.65. The Morgan fingerprint density at radius 2 is 1.43 bits per heavy atom. The van der Waals surface area contributed by atoms with Gasteiger partial charge in [-0.15, -0.1) is 5.11 Å². The van der Waals surface area contributed by atoms with Crippen LogP contribution in [0.2, 0.25) is 5.28 Å². The quantitative estimate of drug-likeness (QED) is 0.0121. The number of rotatable bonds is 16. The van der Waals surface area contributed by atoms with E-state index in [0.717, 1.165) is 29.8 Å². The first-order valence-electron chi connectivity index (χ1n) is 14.4. The maximum Gasteiger partial charge on any atom is 1.00 e. The molecule has 0 saturated carbocycles. The van der Waals surface area contributed by atoms with Gasteiger partial charge in [0.2, 0.25) is 27.6 Å². The minimum atomic E-state index is -5.14. The number of nitrogens with zero attached hydrogens (tertiary/aromatic N) is 5. The van der Waals surface area contributed by atoms with E-state index in [9.17, 15) is 49.3 Å². The molecule has 0 saturated heterocycles. The summed E-state index contributed by atoms with van der Waals surface area (Å²) in [6, 6.07) is 14.0. The van der Waals surface area contributed by atoms with Crippen molar-refractivity contribution in [2.75, 3.05) is 17.2 Å². The molecule has 0 spiro atoms. The van der Waals surface area contributed by atoms with Crippen LogP contribution in [0.1, 0.15) is 12.0 Å². The Labute approximate surface area is 428 Å². The van der Waals surface area contributed by atoms with Crippen molar-refractivity contribution in [1.82, 2.24) is 15.0 Å². The molecule has 30 heteroatoms. The smallest absolute Gasteiger partial charge is 0.744 e. The van der Waals surface area contributed by atoms with Gasteiger partial charge in [0.05, 0.1) is 44.7 Å². The van der Waals surface area contributed by atoms with Gasteiger partial charge >= 0.3 is 118 Å². The molecule has 0 bridgehead atoms. The molecule has 0 aliphatic carbocycles. The van der Waals surface area contributed by atoms with Crippen molar-refractivity contribution in [3.63, 3.8) is 0 Å². The van der Waals surface area contributed by atoms with E-state index in [1.165, 1.54) is 30.3 Å². The molecule has 5 rings (SSSR count). The summed E-state index contributed by atoms with van der Waals surface area (Å²) >= 11 is 6.36. The molecule has 5 aromatic rings. The van der Waals surface area contributed by atoms with Crippen LogP contribution >= 0.6 is 23.6 Å². The number of aryl methyl sites for hydroxylation is 1. The molecular weight excluding hydrogens is 914 g/mol. The number of azo groups is 1. The maximum atomic E-state index is 12.1. The largest absolute Gasteiger partial charge is 1.00 e. The van der Waals surface area contributed by atoms with E-state index in [-0.39, 0.29) is 194 Å². The minimum Gasteiger partial charge on any atom is -0.744 e. The van der Waals surface area contributed by atoms with Gasteiger partial charge in [-0.25, -0.2) is 25.3 Å². The number of halogens is 1. The van der Waals surface area contributed by atoms with Crippen molar-refractivity contribution in [2.45, 2.75) is 27.5 Å². The van der Waals surface area contributed by atoms with E-state index in [2.05, 4.69) is 49.4 Å². The molecule has 286 valence electrons. The number of phenols is 1. The molecule has 4 aromatic carbocycles. The van der Waals surface area contributed by atoms with E-state index in [4.69, 9.17) is 11.6 Å². The number of hydrogen-bond donors (Lipinski definition) is 3. The molecule has 0 atom stereocenters. The van der Waals surface area contributed by atoms with Crippen molar-refractivity contribution < 1.29 is 181 Å². The molecule has 3 N–H and O–H groups in total. The second-order valence-corrected chi connectivity index (χ2v) is 15.4. The second kappa shape index (κ2) is 24.3. The van der Waals surface area contributed by atoms with E-state index in [1.54, 1.807) is 12.1 Å². The molecule has 0 radical (unpaired) electrons. The van der Waals surface area contributed by atoms with Crippen molar-refractivity contribution in [1.29, 1.82) is 0 Å². The van der Waals surface area contributed by atoms with Crippen LogP contribution in [0.4, 0.5) is 34.6 Å². The van der Waals surface area contributed by atoms with Crippen LogP contribution < -0.4 is 134 Å². The first kappa shape index (κ1) is 55.4. The van der Waals surface area contributed by atoms with Crippen LogP contribution in [-0.4, -0.2) is 65.6 Å². The van der Waals surface area contributed by atoms with E-state index in [0.29, 0.717) is 6.42 Å². The van der Waals surface area contributed by atoms with Crippen molar-refractivity contribution in [3.05, 3.63) is 77.6 Å². The molecule has 21 nitrogen and oxygen atoms in total. The van der Waals surface area contributed by atoms with Crippen molar-refractivity contribution in [3.8, 4) is 5.75 Å². The zero-order chi connectivity index (χ0) is 39.3. The van der Waals surface area contributed by atoms with Crippen molar-refractivity contribution >= 4 is 99.7 Å². The van der Waals surface area contributed by atoms with Gasteiger partial charge in [-0.3, -0.25) is 9.22 Å². The Bertz CT molecular complexity index is 2590. The van der Waals surface area contributed by atoms with E-state index < -0.39 is 51.5 Å². The van der Waals surface area contributed by atoms with Gasteiger partial charge in [0, 0.05) is 11.1 Å². The summed E-state index contributed by atoms with van der Waals surface area (Å²) in [5, 5.41) is 38.4. The molecule has 0 aliphatic rings. The molecule has 58 heavy (non-hydrogen) atoms. The zero-order valence-corrected chi connectivity index (χ0v) is 42.5. The molecule has 0 amide bonds. The predicted octanol–water partition coefficient (Wildman–Crippen LogP) is -8.25. The number of anilines is 4. The monoisotopic (exact) mass is 933 g/mol. The molecule has 0 unspecified atom stereocenters. The fourth-order valence-electron chi connectivity index (χ4n) is 4.63. The van der Waals surface area contributed by atoms with Gasteiger partial charge in [0.1, 0.15) is 25.9 Å². The summed E-state index contributed by atoms with van der Waals surface area (Å²) in [5.74, 6) is -1.33. The fraction of sp³-hybridized carbons (Fsp3) is 0.107. The molecule has 1 heterocycles. The van der Waals surface area contributed by atoms with Gasteiger partial charge in [0.25, 0.3) is 0 Å². The van der Waals surface area contributed by atoms with Crippen LogP contribution in [0.25, 0.3) is 10.8 Å². The first-order chi connectivity index (χ1) is 25.4.